The molecule has 0 fully saturated rings. The molecule has 1 unspecified atom stereocenters. The van der Waals surface area contributed by atoms with Crippen LogP contribution in [0.4, 0.5) is 0 Å². The van der Waals surface area contributed by atoms with Gasteiger partial charge in [-0.15, -0.1) is 0 Å². The zero-order chi connectivity index (χ0) is 22.5. The highest BCUT2D eigenvalue weighted by Crippen LogP contribution is 2.31. The summed E-state index contributed by atoms with van der Waals surface area (Å²) in [5.41, 5.74) is 7.69. The molecule has 3 N–H and O–H groups in total. The van der Waals surface area contributed by atoms with Gasteiger partial charge in [-0.1, -0.05) is 37.1 Å². The number of phenols is 1. The number of aromatic hydroxyl groups is 1. The topological polar surface area (TPSA) is 89.6 Å². The molecule has 3 aromatic carbocycles. The second-order valence-electron chi connectivity index (χ2n) is 7.36. The van der Waals surface area contributed by atoms with Crippen molar-refractivity contribution in [1.82, 2.24) is 0 Å². The third-order valence-electron chi connectivity index (χ3n) is 5.06. The first kappa shape index (κ1) is 22.4. The predicted octanol–water partition coefficient (Wildman–Crippen LogP) is 5.61. The smallest absolute Gasteiger partial charge is 0.224 e. The molecule has 5 nitrogen and oxygen atoms in total. The monoisotopic (exact) mass is 437 g/mol. The summed E-state index contributed by atoms with van der Waals surface area (Å²) in [5, 5.41) is 10.5. The lowest BCUT2D eigenvalue weighted by Crippen LogP contribution is -2.18. The minimum Gasteiger partial charge on any atom is -0.507 e. The van der Waals surface area contributed by atoms with Crippen LogP contribution in [0.25, 0.3) is 0 Å². The van der Waals surface area contributed by atoms with Gasteiger partial charge in [0.1, 0.15) is 17.2 Å². The van der Waals surface area contributed by atoms with Crippen molar-refractivity contribution in [2.45, 2.75) is 32.6 Å². The van der Waals surface area contributed by atoms with E-state index in [-0.39, 0.29) is 17.1 Å². The van der Waals surface area contributed by atoms with Crippen LogP contribution in [0.2, 0.25) is 5.02 Å². The van der Waals surface area contributed by atoms with Crippen LogP contribution in [0.5, 0.6) is 17.2 Å². The molecule has 0 aliphatic heterocycles. The van der Waals surface area contributed by atoms with E-state index in [1.807, 2.05) is 19.1 Å². The summed E-state index contributed by atoms with van der Waals surface area (Å²) in [6.45, 7) is 3.79. The van der Waals surface area contributed by atoms with Crippen molar-refractivity contribution in [2.24, 2.45) is 5.73 Å². The summed E-state index contributed by atoms with van der Waals surface area (Å²) >= 11 is 5.87. The Morgan fingerprint density at radius 3 is 2.55 bits per heavy atom. The second-order valence-corrected chi connectivity index (χ2v) is 7.80. The van der Waals surface area contributed by atoms with Crippen molar-refractivity contribution < 1.29 is 19.4 Å². The number of primary amides is 1. The number of carbonyl (C=O) groups excluding carboxylic acids is 2. The van der Waals surface area contributed by atoms with Gasteiger partial charge in [-0.3, -0.25) is 9.59 Å². The molecule has 0 bridgehead atoms. The number of phenolic OH excluding ortho intramolecular Hbond substituents is 1. The van der Waals surface area contributed by atoms with Crippen LogP contribution in [0, 0.1) is 0 Å². The fraction of sp³-hybridized carbons (Fsp3) is 0.200. The van der Waals surface area contributed by atoms with E-state index in [9.17, 15) is 14.7 Å². The minimum atomic E-state index is -0.425. The highest BCUT2D eigenvalue weighted by atomic mass is 35.5. The van der Waals surface area contributed by atoms with E-state index < -0.39 is 11.8 Å². The Morgan fingerprint density at radius 2 is 1.87 bits per heavy atom. The first-order valence-corrected chi connectivity index (χ1v) is 10.4. The highest BCUT2D eigenvalue weighted by Gasteiger charge is 2.17. The zero-order valence-electron chi connectivity index (χ0n) is 17.4. The third-order valence-corrected chi connectivity index (χ3v) is 5.29. The Balaban J connectivity index is 1.91. The van der Waals surface area contributed by atoms with Gasteiger partial charge in [0.15, 0.2) is 5.78 Å². The number of ketones is 1. The molecule has 160 valence electrons. The van der Waals surface area contributed by atoms with Crippen LogP contribution >= 0.6 is 11.6 Å². The standard InChI is InChI=1S/C25H24ClNO4/c1-3-5-17-12-18(24(29)21-10-9-19(26)14-22(21)28)8-11-23(17)31-20-7-4-6-16(13-20)15(2)25(27)30/h4,6-15,28H,3,5H2,1-2H3,(H2,27,30). The van der Waals surface area contributed by atoms with E-state index >= 15 is 0 Å². The second kappa shape index (κ2) is 9.67. The quantitative estimate of drug-likeness (QED) is 0.448. The lowest BCUT2D eigenvalue weighted by molar-refractivity contribution is -0.119. The van der Waals surface area contributed by atoms with Crippen molar-refractivity contribution in [3.05, 3.63) is 87.9 Å². The largest absolute Gasteiger partial charge is 0.507 e. The molecule has 0 spiro atoms. The van der Waals surface area contributed by atoms with Gasteiger partial charge >= 0.3 is 0 Å². The van der Waals surface area contributed by atoms with E-state index in [0.29, 0.717) is 28.5 Å². The van der Waals surface area contributed by atoms with Gasteiger partial charge < -0.3 is 15.6 Å². The molecule has 0 aromatic heterocycles. The number of amides is 1. The predicted molar refractivity (Wildman–Crippen MR) is 121 cm³/mol. The first-order chi connectivity index (χ1) is 14.8. The van der Waals surface area contributed by atoms with Crippen LogP contribution in [-0.4, -0.2) is 16.8 Å². The molecule has 0 radical (unpaired) electrons. The molecule has 31 heavy (non-hydrogen) atoms. The lowest BCUT2D eigenvalue weighted by Gasteiger charge is -2.14. The van der Waals surface area contributed by atoms with E-state index in [2.05, 4.69) is 0 Å². The maximum atomic E-state index is 12.9. The molecule has 1 atom stereocenters. The number of nitrogens with two attached hydrogens (primary N) is 1. The minimum absolute atomic E-state index is 0.157. The summed E-state index contributed by atoms with van der Waals surface area (Å²) in [6.07, 6.45) is 1.57. The van der Waals surface area contributed by atoms with Gasteiger partial charge in [0.25, 0.3) is 0 Å². The molecule has 0 aliphatic carbocycles. The Labute approximate surface area is 186 Å². The van der Waals surface area contributed by atoms with Crippen molar-refractivity contribution >= 4 is 23.3 Å². The maximum absolute atomic E-state index is 12.9. The Kier molecular flexibility index (Phi) is 6.98. The fourth-order valence-corrected chi connectivity index (χ4v) is 3.44. The van der Waals surface area contributed by atoms with Gasteiger partial charge in [-0.2, -0.15) is 0 Å². The van der Waals surface area contributed by atoms with Gasteiger partial charge in [0, 0.05) is 10.6 Å². The number of benzene rings is 3. The van der Waals surface area contributed by atoms with E-state index in [1.165, 1.54) is 12.1 Å². The highest BCUT2D eigenvalue weighted by molar-refractivity contribution is 6.31. The third kappa shape index (κ3) is 5.25. The molecular formula is C25H24ClNO4. The number of rotatable bonds is 8. The van der Waals surface area contributed by atoms with Crippen molar-refractivity contribution in [3.63, 3.8) is 0 Å². The van der Waals surface area contributed by atoms with Gasteiger partial charge in [-0.05, 0) is 73.0 Å². The lowest BCUT2D eigenvalue weighted by atomic mass is 9.98. The number of hydrogen-bond acceptors (Lipinski definition) is 4. The fourth-order valence-electron chi connectivity index (χ4n) is 3.28. The van der Waals surface area contributed by atoms with E-state index in [0.717, 1.165) is 17.5 Å². The number of hydrogen-bond donors (Lipinski definition) is 2. The molecular weight excluding hydrogens is 414 g/mol. The normalized spacial score (nSPS) is 11.7. The molecule has 0 saturated heterocycles. The van der Waals surface area contributed by atoms with Gasteiger partial charge in [-0.25, -0.2) is 0 Å². The van der Waals surface area contributed by atoms with Crippen molar-refractivity contribution in [2.75, 3.05) is 0 Å². The first-order valence-electron chi connectivity index (χ1n) is 10.0. The summed E-state index contributed by atoms with van der Waals surface area (Å²) in [4.78, 5) is 24.4. The molecule has 0 aliphatic rings. The Hall–Kier alpha value is -3.31. The number of carbonyl (C=O) groups is 2. The summed E-state index contributed by atoms with van der Waals surface area (Å²) in [5.74, 6) is -0.0755. The summed E-state index contributed by atoms with van der Waals surface area (Å²) < 4.78 is 6.08. The summed E-state index contributed by atoms with van der Waals surface area (Å²) in [6, 6.07) is 16.9. The summed E-state index contributed by atoms with van der Waals surface area (Å²) in [7, 11) is 0. The molecule has 1 amide bonds. The van der Waals surface area contributed by atoms with Gasteiger partial charge in [0.05, 0.1) is 11.5 Å². The van der Waals surface area contributed by atoms with Gasteiger partial charge in [0.2, 0.25) is 5.91 Å². The molecule has 3 aromatic rings. The van der Waals surface area contributed by atoms with Crippen LogP contribution in [-0.2, 0) is 11.2 Å². The average Bonchev–Trinajstić information content (AvgIpc) is 2.74. The van der Waals surface area contributed by atoms with E-state index in [1.54, 1.807) is 43.3 Å². The van der Waals surface area contributed by atoms with Crippen molar-refractivity contribution in [1.29, 1.82) is 0 Å². The molecule has 0 saturated carbocycles. The van der Waals surface area contributed by atoms with Crippen LogP contribution in [0.1, 0.15) is 53.2 Å². The number of halogens is 1. The SMILES string of the molecule is CCCc1cc(C(=O)c2ccc(Cl)cc2O)ccc1Oc1cccc(C(C)C(N)=O)c1. The Morgan fingerprint density at radius 1 is 1.10 bits per heavy atom. The van der Waals surface area contributed by atoms with Crippen LogP contribution in [0.3, 0.4) is 0 Å². The molecule has 6 heteroatoms. The Bertz CT molecular complexity index is 1130. The van der Waals surface area contributed by atoms with Crippen LogP contribution < -0.4 is 10.5 Å². The average molecular weight is 438 g/mol. The van der Waals surface area contributed by atoms with E-state index in [4.69, 9.17) is 22.1 Å². The molecule has 3 rings (SSSR count). The van der Waals surface area contributed by atoms with Crippen LogP contribution in [0.15, 0.2) is 60.7 Å². The number of ether oxygens (including phenoxy) is 1. The zero-order valence-corrected chi connectivity index (χ0v) is 18.1. The number of aryl methyl sites for hydroxylation is 1. The maximum Gasteiger partial charge on any atom is 0.224 e. The molecule has 0 heterocycles. The van der Waals surface area contributed by atoms with Crippen molar-refractivity contribution in [3.8, 4) is 17.2 Å².